The highest BCUT2D eigenvalue weighted by atomic mass is 35.5. The summed E-state index contributed by atoms with van der Waals surface area (Å²) in [5.74, 6) is 0.703. The lowest BCUT2D eigenvalue weighted by molar-refractivity contribution is 0.168. The second-order valence-electron chi connectivity index (χ2n) is 4.90. The van der Waals surface area contributed by atoms with Crippen molar-refractivity contribution in [1.82, 2.24) is 15.0 Å². The molecule has 0 bridgehead atoms. The predicted molar refractivity (Wildman–Crippen MR) is 69.6 cm³/mol. The lowest BCUT2D eigenvalue weighted by Crippen LogP contribution is -2.32. The minimum Gasteiger partial charge on any atom is -0.368 e. The van der Waals surface area contributed by atoms with Crippen LogP contribution in [0.15, 0.2) is 30.7 Å². The first kappa shape index (κ1) is 11.1. The Kier molecular flexibility index (Phi) is 2.14. The molecule has 6 heteroatoms. The van der Waals surface area contributed by atoms with Crippen molar-refractivity contribution >= 4 is 17.4 Å². The molecule has 0 amide bonds. The molecule has 1 aliphatic carbocycles. The highest BCUT2D eigenvalue weighted by Gasteiger charge is 2.60. The number of pyridine rings is 1. The van der Waals surface area contributed by atoms with Crippen LogP contribution in [0.4, 0.5) is 5.82 Å². The van der Waals surface area contributed by atoms with Crippen molar-refractivity contribution in [2.24, 2.45) is 0 Å². The van der Waals surface area contributed by atoms with Crippen molar-refractivity contribution < 1.29 is 5.11 Å². The molecule has 1 spiro atoms. The van der Waals surface area contributed by atoms with Gasteiger partial charge in [-0.15, -0.1) is 0 Å². The Bertz CT molecular complexity index is 641. The van der Waals surface area contributed by atoms with Gasteiger partial charge in [-0.2, -0.15) is 0 Å². The smallest absolute Gasteiger partial charge is 0.174 e. The SMILES string of the molecule is OC1c2nccnc2C2(CC2)N1c1ccc(Cl)cn1. The molecular weight excluding hydrogens is 264 g/mol. The second-order valence-corrected chi connectivity index (χ2v) is 5.34. The van der Waals surface area contributed by atoms with E-state index in [2.05, 4.69) is 15.0 Å². The van der Waals surface area contributed by atoms with Crippen molar-refractivity contribution in [3.8, 4) is 0 Å². The van der Waals surface area contributed by atoms with Crippen molar-refractivity contribution in [1.29, 1.82) is 0 Å². The Morgan fingerprint density at radius 2 is 2.00 bits per heavy atom. The van der Waals surface area contributed by atoms with E-state index in [1.54, 1.807) is 24.7 Å². The van der Waals surface area contributed by atoms with Crippen molar-refractivity contribution in [3.63, 3.8) is 0 Å². The van der Waals surface area contributed by atoms with Gasteiger partial charge < -0.3 is 10.0 Å². The molecule has 4 rings (SSSR count). The zero-order chi connectivity index (χ0) is 13.0. The normalized spacial score (nSPS) is 22.6. The molecule has 1 fully saturated rings. The van der Waals surface area contributed by atoms with Crippen LogP contribution in [0, 0.1) is 0 Å². The molecule has 1 saturated carbocycles. The first-order valence-electron chi connectivity index (χ1n) is 6.13. The minimum absolute atomic E-state index is 0.232. The number of nitrogens with zero attached hydrogens (tertiary/aromatic N) is 4. The first-order chi connectivity index (χ1) is 9.22. The number of halogens is 1. The lowest BCUT2D eigenvalue weighted by Gasteiger charge is -2.28. The van der Waals surface area contributed by atoms with E-state index in [1.807, 2.05) is 11.0 Å². The van der Waals surface area contributed by atoms with E-state index in [4.69, 9.17) is 11.6 Å². The minimum atomic E-state index is -0.792. The average molecular weight is 275 g/mol. The van der Waals surface area contributed by atoms with E-state index in [9.17, 15) is 5.11 Å². The zero-order valence-corrected chi connectivity index (χ0v) is 10.7. The first-order valence-corrected chi connectivity index (χ1v) is 6.50. The largest absolute Gasteiger partial charge is 0.368 e. The molecule has 1 aliphatic heterocycles. The maximum Gasteiger partial charge on any atom is 0.174 e. The number of rotatable bonds is 1. The molecule has 0 radical (unpaired) electrons. The quantitative estimate of drug-likeness (QED) is 0.862. The molecule has 1 N–H and O–H groups in total. The maximum atomic E-state index is 10.5. The number of fused-ring (bicyclic) bond motifs is 2. The fraction of sp³-hybridized carbons (Fsp3) is 0.308. The molecule has 5 nitrogen and oxygen atoms in total. The monoisotopic (exact) mass is 274 g/mol. The highest BCUT2D eigenvalue weighted by molar-refractivity contribution is 6.30. The van der Waals surface area contributed by atoms with Crippen LogP contribution in [-0.4, -0.2) is 20.1 Å². The van der Waals surface area contributed by atoms with Gasteiger partial charge in [-0.05, 0) is 25.0 Å². The number of hydrogen-bond acceptors (Lipinski definition) is 5. The van der Waals surface area contributed by atoms with Crippen LogP contribution in [0.25, 0.3) is 0 Å². The van der Waals surface area contributed by atoms with Crippen LogP contribution in [-0.2, 0) is 5.54 Å². The fourth-order valence-corrected chi connectivity index (χ4v) is 2.93. The van der Waals surface area contributed by atoms with E-state index >= 15 is 0 Å². The molecule has 19 heavy (non-hydrogen) atoms. The molecule has 2 aromatic heterocycles. The molecule has 2 aliphatic rings. The molecule has 96 valence electrons. The molecule has 2 aromatic rings. The van der Waals surface area contributed by atoms with E-state index in [0.717, 1.165) is 18.5 Å². The summed E-state index contributed by atoms with van der Waals surface area (Å²) in [6.45, 7) is 0. The van der Waals surface area contributed by atoms with Gasteiger partial charge in [-0.1, -0.05) is 11.6 Å². The maximum absolute atomic E-state index is 10.5. The van der Waals surface area contributed by atoms with Gasteiger partial charge in [0.2, 0.25) is 0 Å². The summed E-state index contributed by atoms with van der Waals surface area (Å²) in [5, 5.41) is 11.1. The van der Waals surface area contributed by atoms with E-state index in [0.29, 0.717) is 16.5 Å². The Hall–Kier alpha value is -1.72. The van der Waals surface area contributed by atoms with E-state index in [-0.39, 0.29) is 5.54 Å². The van der Waals surface area contributed by atoms with Gasteiger partial charge in [0.1, 0.15) is 11.5 Å². The summed E-state index contributed by atoms with van der Waals surface area (Å²) < 4.78 is 0. The third-order valence-electron chi connectivity index (χ3n) is 3.80. The Morgan fingerprint density at radius 1 is 1.21 bits per heavy atom. The van der Waals surface area contributed by atoms with Crippen LogP contribution in [0.2, 0.25) is 5.02 Å². The topological polar surface area (TPSA) is 62.1 Å². The van der Waals surface area contributed by atoms with Crippen molar-refractivity contribution in [2.45, 2.75) is 24.6 Å². The summed E-state index contributed by atoms with van der Waals surface area (Å²) in [6, 6.07) is 3.59. The van der Waals surface area contributed by atoms with Gasteiger partial charge in [0.25, 0.3) is 0 Å². The van der Waals surface area contributed by atoms with Crippen LogP contribution in [0.1, 0.15) is 30.5 Å². The average Bonchev–Trinajstić information content (AvgIpc) is 3.18. The summed E-state index contributed by atoms with van der Waals surface area (Å²) >= 11 is 5.86. The van der Waals surface area contributed by atoms with Gasteiger partial charge >= 0.3 is 0 Å². The molecule has 0 aromatic carbocycles. The van der Waals surface area contributed by atoms with Crippen LogP contribution < -0.4 is 4.90 Å². The van der Waals surface area contributed by atoms with Gasteiger partial charge in [0, 0.05) is 18.6 Å². The van der Waals surface area contributed by atoms with Crippen molar-refractivity contribution in [2.75, 3.05) is 4.90 Å². The molecule has 0 saturated heterocycles. The molecule has 1 atom stereocenters. The van der Waals surface area contributed by atoms with Gasteiger partial charge in [-0.3, -0.25) is 9.97 Å². The predicted octanol–water partition coefficient (Wildman–Crippen LogP) is 2.03. The van der Waals surface area contributed by atoms with Gasteiger partial charge in [-0.25, -0.2) is 4.98 Å². The second kappa shape index (κ2) is 3.65. The van der Waals surface area contributed by atoms with Gasteiger partial charge in [0.15, 0.2) is 6.23 Å². The summed E-state index contributed by atoms with van der Waals surface area (Å²) in [6.07, 6.45) is 5.99. The van der Waals surface area contributed by atoms with Crippen LogP contribution in [0.5, 0.6) is 0 Å². The van der Waals surface area contributed by atoms with Crippen LogP contribution >= 0.6 is 11.6 Å². The van der Waals surface area contributed by atoms with Crippen molar-refractivity contribution in [3.05, 3.63) is 47.1 Å². The fourth-order valence-electron chi connectivity index (χ4n) is 2.82. The number of anilines is 1. The number of hydrogen-bond donors (Lipinski definition) is 1. The van der Waals surface area contributed by atoms with E-state index in [1.165, 1.54) is 0 Å². The molecule has 1 unspecified atom stereocenters. The Labute approximate surface area is 114 Å². The van der Waals surface area contributed by atoms with Gasteiger partial charge in [0.05, 0.1) is 16.3 Å². The summed E-state index contributed by atoms with van der Waals surface area (Å²) in [7, 11) is 0. The highest BCUT2D eigenvalue weighted by Crippen LogP contribution is 2.59. The summed E-state index contributed by atoms with van der Waals surface area (Å²) in [5.41, 5.74) is 1.28. The zero-order valence-electron chi connectivity index (χ0n) is 9.99. The molecular formula is C13H11ClN4O. The Balaban J connectivity index is 1.85. The number of aliphatic hydroxyl groups is 1. The third-order valence-corrected chi connectivity index (χ3v) is 4.02. The van der Waals surface area contributed by atoms with E-state index < -0.39 is 6.23 Å². The lowest BCUT2D eigenvalue weighted by atomic mass is 10.2. The Morgan fingerprint density at radius 3 is 2.68 bits per heavy atom. The standard InChI is InChI=1S/C13H11ClN4O/c14-8-1-2-9(17-7-8)18-12(19)10-11(13(18)3-4-13)16-6-5-15-10/h1-2,5-7,12,19H,3-4H2. The number of aliphatic hydroxyl groups excluding tert-OH is 1. The number of aromatic nitrogens is 3. The molecule has 3 heterocycles. The van der Waals surface area contributed by atoms with Crippen LogP contribution in [0.3, 0.4) is 0 Å². The summed E-state index contributed by atoms with van der Waals surface area (Å²) in [4.78, 5) is 14.9. The third kappa shape index (κ3) is 1.42.